The van der Waals surface area contributed by atoms with Gasteiger partial charge in [-0.3, -0.25) is 9.59 Å². The minimum Gasteiger partial charge on any atom is -0.488 e. The Balaban J connectivity index is 1.64. The number of nitrogens with one attached hydrogen (secondary N) is 2. The molecule has 1 aliphatic heterocycles. The molecule has 2 N–H and O–H groups in total. The van der Waals surface area contributed by atoms with Crippen LogP contribution in [0.15, 0.2) is 42.5 Å². The van der Waals surface area contributed by atoms with Crippen LogP contribution >= 0.6 is 0 Å². The summed E-state index contributed by atoms with van der Waals surface area (Å²) in [5, 5.41) is 5.46. The number of amides is 2. The van der Waals surface area contributed by atoms with Gasteiger partial charge in [0.05, 0.1) is 6.54 Å². The Morgan fingerprint density at radius 2 is 1.88 bits per heavy atom. The largest absolute Gasteiger partial charge is 0.573 e. The fraction of sp³-hybridized carbons (Fsp3) is 0.391. The Hall–Kier alpha value is -3.23. The van der Waals surface area contributed by atoms with Crippen LogP contribution in [0.3, 0.4) is 0 Å². The maximum Gasteiger partial charge on any atom is 0.573 e. The summed E-state index contributed by atoms with van der Waals surface area (Å²) in [5.41, 5.74) is 2.21. The zero-order chi connectivity index (χ0) is 23.5. The standard InChI is InChI=1S/C23H25F3N2O4/c1-13(2)21(28-14(3)29)22(30)27-12-19-11-17-9-16(7-8-20(17)31-19)15-5-4-6-18(10-15)32-23(24,25)26/h4-10,13,19,21H,11-12H2,1-3H3,(H,27,30)(H,28,29)/t19-,21+/m0/s1. The molecule has 0 radical (unpaired) electrons. The van der Waals surface area contributed by atoms with Gasteiger partial charge in [-0.05, 0) is 46.9 Å². The molecule has 3 rings (SSSR count). The van der Waals surface area contributed by atoms with Crippen molar-refractivity contribution in [2.75, 3.05) is 6.54 Å². The van der Waals surface area contributed by atoms with Gasteiger partial charge in [0, 0.05) is 13.3 Å². The van der Waals surface area contributed by atoms with Crippen LogP contribution in [0.1, 0.15) is 26.3 Å². The number of rotatable bonds is 7. The van der Waals surface area contributed by atoms with Crippen LogP contribution in [0, 0.1) is 5.92 Å². The van der Waals surface area contributed by atoms with Gasteiger partial charge in [0.2, 0.25) is 11.8 Å². The topological polar surface area (TPSA) is 76.7 Å². The summed E-state index contributed by atoms with van der Waals surface area (Å²) < 4.78 is 47.4. The summed E-state index contributed by atoms with van der Waals surface area (Å²) in [6.07, 6.45) is -4.50. The lowest BCUT2D eigenvalue weighted by molar-refractivity contribution is -0.274. The molecular formula is C23H25F3N2O4. The highest BCUT2D eigenvalue weighted by Crippen LogP contribution is 2.34. The van der Waals surface area contributed by atoms with Gasteiger partial charge in [-0.2, -0.15) is 0 Å². The van der Waals surface area contributed by atoms with E-state index in [0.29, 0.717) is 17.7 Å². The lowest BCUT2D eigenvalue weighted by Crippen LogP contribution is -2.50. The number of carbonyl (C=O) groups excluding carboxylic acids is 2. The smallest absolute Gasteiger partial charge is 0.488 e. The number of carbonyl (C=O) groups is 2. The Kier molecular flexibility index (Phi) is 6.96. The number of benzene rings is 2. The van der Waals surface area contributed by atoms with Crippen LogP contribution in [0.25, 0.3) is 11.1 Å². The van der Waals surface area contributed by atoms with Gasteiger partial charge in [0.1, 0.15) is 23.6 Å². The normalized spacial score (nSPS) is 16.2. The van der Waals surface area contributed by atoms with E-state index in [0.717, 1.165) is 11.1 Å². The van der Waals surface area contributed by atoms with Gasteiger partial charge in [-0.15, -0.1) is 13.2 Å². The summed E-state index contributed by atoms with van der Waals surface area (Å²) >= 11 is 0. The molecule has 2 atom stereocenters. The van der Waals surface area contributed by atoms with Crippen LogP contribution in [0.4, 0.5) is 13.2 Å². The molecule has 2 aromatic carbocycles. The Morgan fingerprint density at radius 1 is 1.16 bits per heavy atom. The summed E-state index contributed by atoms with van der Waals surface area (Å²) in [7, 11) is 0. The van der Waals surface area contributed by atoms with Crippen molar-refractivity contribution >= 4 is 11.8 Å². The van der Waals surface area contributed by atoms with E-state index >= 15 is 0 Å². The molecule has 0 spiro atoms. The third kappa shape index (κ3) is 6.15. The molecule has 9 heteroatoms. The van der Waals surface area contributed by atoms with Crippen molar-refractivity contribution in [2.45, 2.75) is 45.7 Å². The highest BCUT2D eigenvalue weighted by molar-refractivity contribution is 5.87. The molecule has 0 aliphatic carbocycles. The third-order valence-corrected chi connectivity index (χ3v) is 5.01. The van der Waals surface area contributed by atoms with E-state index < -0.39 is 12.4 Å². The van der Waals surface area contributed by atoms with E-state index in [4.69, 9.17) is 4.74 Å². The Morgan fingerprint density at radius 3 is 2.53 bits per heavy atom. The lowest BCUT2D eigenvalue weighted by Gasteiger charge is -2.22. The summed E-state index contributed by atoms with van der Waals surface area (Å²) in [6, 6.07) is 10.5. The Labute approximate surface area is 184 Å². The minimum atomic E-state index is -4.75. The zero-order valence-electron chi connectivity index (χ0n) is 18.0. The van der Waals surface area contributed by atoms with E-state index in [9.17, 15) is 22.8 Å². The molecule has 0 aromatic heterocycles. The van der Waals surface area contributed by atoms with Gasteiger partial charge in [-0.1, -0.05) is 32.0 Å². The summed E-state index contributed by atoms with van der Waals surface area (Å²) in [6.45, 7) is 5.32. The van der Waals surface area contributed by atoms with Crippen molar-refractivity contribution in [3.8, 4) is 22.6 Å². The van der Waals surface area contributed by atoms with E-state index in [-0.39, 0.29) is 36.1 Å². The molecule has 6 nitrogen and oxygen atoms in total. The van der Waals surface area contributed by atoms with Crippen molar-refractivity contribution in [1.29, 1.82) is 0 Å². The van der Waals surface area contributed by atoms with E-state index in [1.54, 1.807) is 18.2 Å². The molecule has 1 heterocycles. The number of halogens is 3. The average molecular weight is 450 g/mol. The fourth-order valence-corrected chi connectivity index (χ4v) is 3.56. The second-order valence-corrected chi connectivity index (χ2v) is 8.01. The summed E-state index contributed by atoms with van der Waals surface area (Å²) in [5.74, 6) is -0.248. The van der Waals surface area contributed by atoms with Gasteiger partial charge in [0.15, 0.2) is 0 Å². The third-order valence-electron chi connectivity index (χ3n) is 5.01. The number of alkyl halides is 3. The summed E-state index contributed by atoms with van der Waals surface area (Å²) in [4.78, 5) is 23.8. The predicted molar refractivity (Wildman–Crippen MR) is 112 cm³/mol. The maximum atomic E-state index is 12.5. The van der Waals surface area contributed by atoms with Crippen LogP contribution in [0.5, 0.6) is 11.5 Å². The lowest BCUT2D eigenvalue weighted by atomic mass is 10.0. The molecule has 0 saturated heterocycles. The number of hydrogen-bond donors (Lipinski definition) is 2. The molecule has 0 bridgehead atoms. The van der Waals surface area contributed by atoms with Crippen molar-refractivity contribution in [3.05, 3.63) is 48.0 Å². The zero-order valence-corrected chi connectivity index (χ0v) is 18.0. The van der Waals surface area contributed by atoms with Crippen molar-refractivity contribution in [3.63, 3.8) is 0 Å². The molecule has 0 fully saturated rings. The molecular weight excluding hydrogens is 425 g/mol. The fourth-order valence-electron chi connectivity index (χ4n) is 3.56. The predicted octanol–water partition coefficient (Wildman–Crippen LogP) is 3.83. The van der Waals surface area contributed by atoms with Crippen LogP contribution in [-0.4, -0.2) is 36.9 Å². The monoisotopic (exact) mass is 450 g/mol. The van der Waals surface area contributed by atoms with Crippen LogP contribution in [0.2, 0.25) is 0 Å². The first-order valence-corrected chi connectivity index (χ1v) is 10.2. The molecule has 0 saturated carbocycles. The number of hydrogen-bond acceptors (Lipinski definition) is 4. The highest BCUT2D eigenvalue weighted by atomic mass is 19.4. The molecule has 32 heavy (non-hydrogen) atoms. The number of ether oxygens (including phenoxy) is 2. The van der Waals surface area contributed by atoms with Gasteiger partial charge < -0.3 is 20.1 Å². The van der Waals surface area contributed by atoms with Crippen molar-refractivity contribution < 1.29 is 32.2 Å². The SMILES string of the molecule is CC(=O)N[C@@H](C(=O)NC[C@@H]1Cc2cc(-c3cccc(OC(F)(F)F)c3)ccc2O1)C(C)C. The minimum absolute atomic E-state index is 0.0692. The highest BCUT2D eigenvalue weighted by Gasteiger charge is 2.31. The van der Waals surface area contributed by atoms with Gasteiger partial charge in [0.25, 0.3) is 0 Å². The van der Waals surface area contributed by atoms with E-state index in [1.807, 2.05) is 19.9 Å². The first-order chi connectivity index (χ1) is 15.0. The second-order valence-electron chi connectivity index (χ2n) is 8.01. The average Bonchev–Trinajstić information content (AvgIpc) is 3.11. The Bertz CT molecular complexity index is 991. The molecule has 0 unspecified atom stereocenters. The quantitative estimate of drug-likeness (QED) is 0.672. The molecule has 2 aromatic rings. The van der Waals surface area contributed by atoms with E-state index in [1.165, 1.54) is 25.1 Å². The maximum absolute atomic E-state index is 12.5. The second kappa shape index (κ2) is 9.50. The van der Waals surface area contributed by atoms with Gasteiger partial charge >= 0.3 is 6.36 Å². The van der Waals surface area contributed by atoms with Crippen molar-refractivity contribution in [2.24, 2.45) is 5.92 Å². The van der Waals surface area contributed by atoms with Crippen LogP contribution < -0.4 is 20.1 Å². The molecule has 1 aliphatic rings. The first kappa shape index (κ1) is 23.4. The molecule has 172 valence electrons. The number of fused-ring (bicyclic) bond motifs is 1. The van der Waals surface area contributed by atoms with E-state index in [2.05, 4.69) is 15.4 Å². The van der Waals surface area contributed by atoms with Crippen LogP contribution in [-0.2, 0) is 16.0 Å². The first-order valence-electron chi connectivity index (χ1n) is 10.2. The van der Waals surface area contributed by atoms with Crippen molar-refractivity contribution in [1.82, 2.24) is 10.6 Å². The van der Waals surface area contributed by atoms with Gasteiger partial charge in [-0.25, -0.2) is 0 Å². The molecule has 2 amide bonds.